The zero-order chi connectivity index (χ0) is 14.9. The lowest BCUT2D eigenvalue weighted by Gasteiger charge is -2.20. The molecule has 3 aromatic carbocycles. The summed E-state index contributed by atoms with van der Waals surface area (Å²) in [5.74, 6) is 0.149. The van der Waals surface area contributed by atoms with Gasteiger partial charge >= 0.3 is 0 Å². The number of hydrogen-bond acceptors (Lipinski definition) is 2. The minimum absolute atomic E-state index is 0.149. The molecule has 0 spiro atoms. The molecule has 0 unspecified atom stereocenters. The van der Waals surface area contributed by atoms with Gasteiger partial charge in [0.1, 0.15) is 0 Å². The average molecular weight is 302 g/mol. The van der Waals surface area contributed by atoms with Gasteiger partial charge in [-0.05, 0) is 35.7 Å². The van der Waals surface area contributed by atoms with E-state index >= 15 is 0 Å². The van der Waals surface area contributed by atoms with Crippen molar-refractivity contribution in [3.8, 4) is 0 Å². The molecule has 1 nitrogen and oxygen atoms in total. The number of ketones is 1. The summed E-state index contributed by atoms with van der Waals surface area (Å²) in [6, 6.07) is 24.3. The van der Waals surface area contributed by atoms with Crippen LogP contribution in [0.4, 0.5) is 0 Å². The van der Waals surface area contributed by atoms with E-state index in [1.165, 1.54) is 0 Å². The van der Waals surface area contributed by atoms with Gasteiger partial charge in [0.2, 0.25) is 0 Å². The number of carbonyl (C=O) groups excluding carboxylic acids is 1. The third-order valence-electron chi connectivity index (χ3n) is 3.95. The minimum Gasteiger partial charge on any atom is -0.289 e. The molecule has 0 aliphatic heterocycles. The second-order valence-electron chi connectivity index (χ2n) is 5.37. The Kier molecular flexibility index (Phi) is 3.32. The molecule has 0 saturated carbocycles. The molecule has 0 atom stereocenters. The van der Waals surface area contributed by atoms with Gasteiger partial charge in [-0.1, -0.05) is 66.4 Å². The highest BCUT2D eigenvalue weighted by Crippen LogP contribution is 2.36. The molecule has 0 aromatic heterocycles. The van der Waals surface area contributed by atoms with Crippen LogP contribution in [0.3, 0.4) is 0 Å². The van der Waals surface area contributed by atoms with Crippen molar-refractivity contribution in [2.75, 3.05) is 0 Å². The summed E-state index contributed by atoms with van der Waals surface area (Å²) in [7, 11) is 0. The first-order valence-corrected chi connectivity index (χ1v) is 8.12. The Hall–Kier alpha value is -2.32. The lowest BCUT2D eigenvalue weighted by molar-refractivity contribution is 0.103. The second kappa shape index (κ2) is 5.47. The summed E-state index contributed by atoms with van der Waals surface area (Å²) in [4.78, 5) is 15.1. The number of fused-ring (bicyclic) bond motifs is 2. The molecule has 1 aliphatic carbocycles. The largest absolute Gasteiger partial charge is 0.289 e. The Morgan fingerprint density at radius 3 is 2.32 bits per heavy atom. The van der Waals surface area contributed by atoms with E-state index in [0.717, 1.165) is 38.5 Å². The van der Waals surface area contributed by atoms with Gasteiger partial charge in [-0.3, -0.25) is 4.79 Å². The van der Waals surface area contributed by atoms with Crippen molar-refractivity contribution < 1.29 is 4.79 Å². The Balaban J connectivity index is 1.80. The van der Waals surface area contributed by atoms with Crippen molar-refractivity contribution in [3.05, 3.63) is 95.1 Å². The van der Waals surface area contributed by atoms with Crippen LogP contribution in [0, 0.1) is 0 Å². The van der Waals surface area contributed by atoms with Crippen LogP contribution in [0.1, 0.15) is 27.0 Å². The van der Waals surface area contributed by atoms with Gasteiger partial charge in [0, 0.05) is 20.9 Å². The first-order chi connectivity index (χ1) is 10.8. The Morgan fingerprint density at radius 2 is 1.45 bits per heavy atom. The molecule has 0 amide bonds. The van der Waals surface area contributed by atoms with E-state index < -0.39 is 0 Å². The van der Waals surface area contributed by atoms with E-state index in [1.54, 1.807) is 11.8 Å². The Bertz CT molecular complexity index is 853. The van der Waals surface area contributed by atoms with Gasteiger partial charge in [-0.2, -0.15) is 0 Å². The quantitative estimate of drug-likeness (QED) is 0.520. The van der Waals surface area contributed by atoms with Crippen LogP contribution >= 0.6 is 11.8 Å². The van der Waals surface area contributed by atoms with Crippen LogP contribution < -0.4 is 0 Å². The highest BCUT2D eigenvalue weighted by molar-refractivity contribution is 7.99. The molecule has 0 heterocycles. The fourth-order valence-corrected chi connectivity index (χ4v) is 3.94. The summed E-state index contributed by atoms with van der Waals surface area (Å²) in [6.07, 6.45) is 0.834. The molecule has 0 N–H and O–H groups in total. The van der Waals surface area contributed by atoms with Gasteiger partial charge < -0.3 is 0 Å². The fraction of sp³-hybridized carbons (Fsp3) is 0.0500. The van der Waals surface area contributed by atoms with Crippen LogP contribution in [0.5, 0.6) is 0 Å². The van der Waals surface area contributed by atoms with E-state index in [2.05, 4.69) is 18.2 Å². The lowest BCUT2D eigenvalue weighted by atomic mass is 9.85. The van der Waals surface area contributed by atoms with Crippen LogP contribution in [-0.4, -0.2) is 5.78 Å². The maximum Gasteiger partial charge on any atom is 0.194 e. The molecule has 1 aliphatic rings. The highest BCUT2D eigenvalue weighted by Gasteiger charge is 2.25. The summed E-state index contributed by atoms with van der Waals surface area (Å²) in [6.45, 7) is 0. The maximum atomic E-state index is 12.9. The molecular weight excluding hydrogens is 288 g/mol. The molecule has 0 radical (unpaired) electrons. The van der Waals surface area contributed by atoms with Gasteiger partial charge in [-0.15, -0.1) is 0 Å². The normalized spacial score (nSPS) is 12.6. The van der Waals surface area contributed by atoms with E-state index in [4.69, 9.17) is 0 Å². The number of rotatable bonds is 2. The maximum absolute atomic E-state index is 12.9. The van der Waals surface area contributed by atoms with Gasteiger partial charge in [0.25, 0.3) is 0 Å². The lowest BCUT2D eigenvalue weighted by Crippen LogP contribution is -2.15. The summed E-state index contributed by atoms with van der Waals surface area (Å²) >= 11 is 1.66. The van der Waals surface area contributed by atoms with Crippen LogP contribution in [-0.2, 0) is 6.42 Å². The first kappa shape index (κ1) is 13.4. The zero-order valence-electron chi connectivity index (χ0n) is 12.0. The summed E-state index contributed by atoms with van der Waals surface area (Å²) in [5.41, 5.74) is 3.97. The second-order valence-corrected chi connectivity index (χ2v) is 6.48. The SMILES string of the molecule is O=C1c2ccccc2Cc2cccc(Sc3ccccc3)c21. The Morgan fingerprint density at radius 1 is 0.727 bits per heavy atom. The topological polar surface area (TPSA) is 17.1 Å². The van der Waals surface area contributed by atoms with Crippen LogP contribution in [0.15, 0.2) is 82.6 Å². The van der Waals surface area contributed by atoms with Gasteiger partial charge in [0.05, 0.1) is 0 Å². The number of carbonyl (C=O) groups is 1. The monoisotopic (exact) mass is 302 g/mol. The molecule has 0 fully saturated rings. The van der Waals surface area contributed by atoms with Crippen LogP contribution in [0.25, 0.3) is 0 Å². The van der Waals surface area contributed by atoms with Crippen molar-refractivity contribution in [2.45, 2.75) is 16.2 Å². The van der Waals surface area contributed by atoms with Crippen molar-refractivity contribution in [3.63, 3.8) is 0 Å². The average Bonchev–Trinajstić information content (AvgIpc) is 2.56. The molecule has 0 bridgehead atoms. The number of benzene rings is 3. The molecule has 2 heteroatoms. The first-order valence-electron chi connectivity index (χ1n) is 7.30. The van der Waals surface area contributed by atoms with Gasteiger partial charge in [-0.25, -0.2) is 0 Å². The van der Waals surface area contributed by atoms with Crippen molar-refractivity contribution in [1.29, 1.82) is 0 Å². The zero-order valence-corrected chi connectivity index (χ0v) is 12.8. The third kappa shape index (κ3) is 2.26. The molecule has 106 valence electrons. The highest BCUT2D eigenvalue weighted by atomic mass is 32.2. The summed E-state index contributed by atoms with van der Waals surface area (Å²) in [5, 5.41) is 0. The van der Waals surface area contributed by atoms with E-state index in [9.17, 15) is 4.79 Å². The predicted molar refractivity (Wildman–Crippen MR) is 89.7 cm³/mol. The molecule has 22 heavy (non-hydrogen) atoms. The molecule has 3 aromatic rings. The smallest absolute Gasteiger partial charge is 0.194 e. The van der Waals surface area contributed by atoms with Crippen LogP contribution in [0.2, 0.25) is 0 Å². The fourth-order valence-electron chi connectivity index (χ4n) is 2.92. The molecule has 4 rings (SSSR count). The van der Waals surface area contributed by atoms with Gasteiger partial charge in [0.15, 0.2) is 5.78 Å². The standard InChI is InChI=1S/C20H14OS/c21-20-17-11-5-4-7-14(17)13-15-8-6-12-18(19(15)20)22-16-9-2-1-3-10-16/h1-12H,13H2. The Labute approximate surface area is 134 Å². The van der Waals surface area contributed by atoms with E-state index in [0.29, 0.717) is 0 Å². The summed E-state index contributed by atoms with van der Waals surface area (Å²) < 4.78 is 0. The van der Waals surface area contributed by atoms with E-state index in [-0.39, 0.29) is 5.78 Å². The number of hydrogen-bond donors (Lipinski definition) is 0. The molecule has 0 saturated heterocycles. The van der Waals surface area contributed by atoms with Crippen molar-refractivity contribution in [1.82, 2.24) is 0 Å². The van der Waals surface area contributed by atoms with Crippen molar-refractivity contribution >= 4 is 17.5 Å². The predicted octanol–water partition coefficient (Wildman–Crippen LogP) is 4.97. The minimum atomic E-state index is 0.149. The third-order valence-corrected chi connectivity index (χ3v) is 5.02. The molecular formula is C20H14OS. The van der Waals surface area contributed by atoms with Crippen molar-refractivity contribution in [2.24, 2.45) is 0 Å². The van der Waals surface area contributed by atoms with E-state index in [1.807, 2.05) is 54.6 Å².